The molecule has 4 nitrogen and oxygen atoms in total. The summed E-state index contributed by atoms with van der Waals surface area (Å²) in [5.74, 6) is 2.22. The highest BCUT2D eigenvalue weighted by atomic mass is 16.5. The molecule has 0 saturated heterocycles. The monoisotopic (exact) mass is 251 g/mol. The fraction of sp³-hybridized carbons (Fsp3) is 0.786. The van der Waals surface area contributed by atoms with Crippen LogP contribution in [-0.4, -0.2) is 29.0 Å². The second-order valence-electron chi connectivity index (χ2n) is 6.30. The molecule has 0 aliphatic heterocycles. The molecule has 1 aliphatic rings. The molecule has 1 fully saturated rings. The minimum absolute atomic E-state index is 0.191. The molecule has 1 aliphatic carbocycles. The zero-order valence-electron chi connectivity index (χ0n) is 12.2. The van der Waals surface area contributed by atoms with Gasteiger partial charge in [0.05, 0.1) is 19.0 Å². The van der Waals surface area contributed by atoms with Gasteiger partial charge in [-0.15, -0.1) is 0 Å². The third kappa shape index (κ3) is 2.69. The molecule has 18 heavy (non-hydrogen) atoms. The van der Waals surface area contributed by atoms with E-state index in [4.69, 9.17) is 4.74 Å². The smallest absolute Gasteiger partial charge is 0.160 e. The second kappa shape index (κ2) is 4.92. The number of methoxy groups -OCH3 is 1. The van der Waals surface area contributed by atoms with Gasteiger partial charge in [0.1, 0.15) is 0 Å². The van der Waals surface area contributed by atoms with Crippen LogP contribution in [0.2, 0.25) is 0 Å². The average molecular weight is 251 g/mol. The van der Waals surface area contributed by atoms with Gasteiger partial charge in [0.15, 0.2) is 5.75 Å². The van der Waals surface area contributed by atoms with E-state index in [-0.39, 0.29) is 5.54 Å². The largest absolute Gasteiger partial charge is 0.493 e. The van der Waals surface area contributed by atoms with Crippen LogP contribution in [-0.2, 0) is 7.05 Å². The number of aryl methyl sites for hydroxylation is 1. The number of nitrogens with one attached hydrogen (secondary N) is 1. The van der Waals surface area contributed by atoms with Gasteiger partial charge < -0.3 is 10.1 Å². The molecule has 4 heteroatoms. The SMILES string of the molecule is COc1cnn(C)c1C1CCC1CNC(C)(C)C. The molecular weight excluding hydrogens is 226 g/mol. The normalized spacial score (nSPS) is 23.8. The van der Waals surface area contributed by atoms with Gasteiger partial charge in [-0.05, 0) is 46.1 Å². The van der Waals surface area contributed by atoms with Crippen LogP contribution in [0.25, 0.3) is 0 Å². The quantitative estimate of drug-likeness (QED) is 0.892. The van der Waals surface area contributed by atoms with Crippen LogP contribution in [0.1, 0.15) is 45.2 Å². The molecule has 2 atom stereocenters. The van der Waals surface area contributed by atoms with E-state index >= 15 is 0 Å². The molecule has 1 aromatic rings. The Kier molecular flexibility index (Phi) is 3.66. The maximum Gasteiger partial charge on any atom is 0.160 e. The summed E-state index contributed by atoms with van der Waals surface area (Å²) in [6.45, 7) is 7.71. The van der Waals surface area contributed by atoms with E-state index in [0.717, 1.165) is 12.3 Å². The molecule has 2 unspecified atom stereocenters. The number of ether oxygens (including phenoxy) is 1. The summed E-state index contributed by atoms with van der Waals surface area (Å²) in [7, 11) is 3.73. The van der Waals surface area contributed by atoms with Crippen LogP contribution in [0.5, 0.6) is 5.75 Å². The van der Waals surface area contributed by atoms with Gasteiger partial charge >= 0.3 is 0 Å². The fourth-order valence-corrected chi connectivity index (χ4v) is 2.62. The maximum atomic E-state index is 5.41. The molecular formula is C14H25N3O. The van der Waals surface area contributed by atoms with Crippen LogP contribution >= 0.6 is 0 Å². The Morgan fingerprint density at radius 2 is 2.17 bits per heavy atom. The van der Waals surface area contributed by atoms with E-state index in [1.54, 1.807) is 7.11 Å². The molecule has 0 amide bonds. The number of hydrogen-bond acceptors (Lipinski definition) is 3. The van der Waals surface area contributed by atoms with Gasteiger partial charge in [-0.1, -0.05) is 0 Å². The van der Waals surface area contributed by atoms with Crippen molar-refractivity contribution in [1.29, 1.82) is 0 Å². The topological polar surface area (TPSA) is 39.1 Å². The first-order valence-corrected chi connectivity index (χ1v) is 6.73. The second-order valence-corrected chi connectivity index (χ2v) is 6.30. The van der Waals surface area contributed by atoms with Gasteiger partial charge in [-0.25, -0.2) is 0 Å². The van der Waals surface area contributed by atoms with E-state index in [1.807, 2.05) is 17.9 Å². The molecule has 2 rings (SSSR count). The molecule has 0 radical (unpaired) electrons. The van der Waals surface area contributed by atoms with Crippen molar-refractivity contribution in [2.45, 2.75) is 45.1 Å². The van der Waals surface area contributed by atoms with Crippen molar-refractivity contribution in [2.24, 2.45) is 13.0 Å². The lowest BCUT2D eigenvalue weighted by Crippen LogP contribution is -2.43. The van der Waals surface area contributed by atoms with Crippen molar-refractivity contribution in [3.05, 3.63) is 11.9 Å². The Morgan fingerprint density at radius 3 is 2.67 bits per heavy atom. The van der Waals surface area contributed by atoms with Crippen molar-refractivity contribution in [2.75, 3.05) is 13.7 Å². The first-order chi connectivity index (χ1) is 8.42. The lowest BCUT2D eigenvalue weighted by Gasteiger charge is -2.39. The summed E-state index contributed by atoms with van der Waals surface area (Å²) >= 11 is 0. The average Bonchev–Trinajstić information content (AvgIpc) is 2.58. The number of rotatable bonds is 4. The van der Waals surface area contributed by atoms with Gasteiger partial charge in [-0.3, -0.25) is 4.68 Å². The van der Waals surface area contributed by atoms with E-state index < -0.39 is 0 Å². The van der Waals surface area contributed by atoms with Gasteiger partial charge in [-0.2, -0.15) is 5.10 Å². The standard InChI is InChI=1S/C14H25N3O/c1-14(2,3)15-8-10-6-7-11(10)13-12(18-5)9-16-17(13)4/h9-11,15H,6-8H2,1-5H3. The molecule has 1 N–H and O–H groups in total. The Bertz CT molecular complexity index is 406. The summed E-state index contributed by atoms with van der Waals surface area (Å²) in [5.41, 5.74) is 1.45. The maximum absolute atomic E-state index is 5.41. The summed E-state index contributed by atoms with van der Waals surface area (Å²) < 4.78 is 7.38. The van der Waals surface area contributed by atoms with Crippen molar-refractivity contribution in [1.82, 2.24) is 15.1 Å². The van der Waals surface area contributed by atoms with Crippen molar-refractivity contribution >= 4 is 0 Å². The minimum atomic E-state index is 0.191. The molecule has 102 valence electrons. The summed E-state index contributed by atoms with van der Waals surface area (Å²) in [6, 6.07) is 0. The lowest BCUT2D eigenvalue weighted by atomic mass is 9.71. The number of nitrogens with zero attached hydrogens (tertiary/aromatic N) is 2. The highest BCUT2D eigenvalue weighted by Crippen LogP contribution is 2.45. The third-order valence-electron chi connectivity index (χ3n) is 3.83. The molecule has 0 spiro atoms. The van der Waals surface area contributed by atoms with Crippen molar-refractivity contribution in [3.8, 4) is 5.75 Å². The van der Waals surface area contributed by atoms with Gasteiger partial charge in [0.2, 0.25) is 0 Å². The predicted molar refractivity (Wildman–Crippen MR) is 73.0 cm³/mol. The van der Waals surface area contributed by atoms with E-state index in [1.165, 1.54) is 18.5 Å². The Balaban J connectivity index is 2.03. The highest BCUT2D eigenvalue weighted by Gasteiger charge is 2.36. The van der Waals surface area contributed by atoms with Crippen LogP contribution in [0.3, 0.4) is 0 Å². The molecule has 1 saturated carbocycles. The number of aromatic nitrogens is 2. The molecule has 0 aromatic carbocycles. The van der Waals surface area contributed by atoms with Crippen LogP contribution in [0.15, 0.2) is 6.20 Å². The molecule has 0 bridgehead atoms. The first-order valence-electron chi connectivity index (χ1n) is 6.73. The highest BCUT2D eigenvalue weighted by molar-refractivity contribution is 5.30. The van der Waals surface area contributed by atoms with E-state index in [0.29, 0.717) is 11.8 Å². The molecule has 1 heterocycles. The van der Waals surface area contributed by atoms with Crippen molar-refractivity contribution < 1.29 is 4.74 Å². The zero-order chi connectivity index (χ0) is 13.3. The van der Waals surface area contributed by atoms with E-state index in [2.05, 4.69) is 31.2 Å². The Morgan fingerprint density at radius 1 is 1.44 bits per heavy atom. The zero-order valence-corrected chi connectivity index (χ0v) is 12.2. The Hall–Kier alpha value is -1.03. The minimum Gasteiger partial charge on any atom is -0.493 e. The summed E-state index contributed by atoms with van der Waals surface area (Å²) in [5, 5.41) is 7.91. The van der Waals surface area contributed by atoms with Crippen LogP contribution in [0, 0.1) is 5.92 Å². The van der Waals surface area contributed by atoms with Crippen molar-refractivity contribution in [3.63, 3.8) is 0 Å². The number of hydrogen-bond donors (Lipinski definition) is 1. The molecule has 1 aromatic heterocycles. The summed E-state index contributed by atoms with van der Waals surface area (Å²) in [4.78, 5) is 0. The van der Waals surface area contributed by atoms with E-state index in [9.17, 15) is 0 Å². The third-order valence-corrected chi connectivity index (χ3v) is 3.83. The van der Waals surface area contributed by atoms with Crippen LogP contribution in [0.4, 0.5) is 0 Å². The first kappa shape index (κ1) is 13.4. The fourth-order valence-electron chi connectivity index (χ4n) is 2.62. The predicted octanol–water partition coefficient (Wildman–Crippen LogP) is 2.31. The van der Waals surface area contributed by atoms with Gasteiger partial charge in [0, 0.05) is 18.5 Å². The van der Waals surface area contributed by atoms with Gasteiger partial charge in [0.25, 0.3) is 0 Å². The summed E-state index contributed by atoms with van der Waals surface area (Å²) in [6.07, 6.45) is 4.36. The lowest BCUT2D eigenvalue weighted by molar-refractivity contribution is 0.213. The van der Waals surface area contributed by atoms with Crippen LogP contribution < -0.4 is 10.1 Å². The Labute approximate surface area is 110 Å².